The summed E-state index contributed by atoms with van der Waals surface area (Å²) in [6.07, 6.45) is 7.55. The predicted molar refractivity (Wildman–Crippen MR) is 52.4 cm³/mol. The van der Waals surface area contributed by atoms with Gasteiger partial charge in [0.15, 0.2) is 0 Å². The number of hydrogen-bond acceptors (Lipinski definition) is 3. The molecule has 68 valence electrons. The lowest BCUT2D eigenvalue weighted by Gasteiger charge is -2.11. The Morgan fingerprint density at radius 2 is 2.38 bits per heavy atom. The van der Waals surface area contributed by atoms with Gasteiger partial charge in [-0.3, -0.25) is 4.99 Å². The molecule has 3 N–H and O–H groups in total. The van der Waals surface area contributed by atoms with Crippen molar-refractivity contribution in [3.05, 3.63) is 35.6 Å². The highest BCUT2D eigenvalue weighted by atomic mass is 16.3. The number of allylic oxidation sites excluding steroid dienone is 2. The zero-order valence-electron chi connectivity index (χ0n) is 7.27. The van der Waals surface area contributed by atoms with Crippen molar-refractivity contribution in [3.8, 4) is 0 Å². The van der Waals surface area contributed by atoms with E-state index in [1.54, 1.807) is 6.08 Å². The summed E-state index contributed by atoms with van der Waals surface area (Å²) in [7, 11) is 0. The van der Waals surface area contributed by atoms with Crippen molar-refractivity contribution in [1.82, 2.24) is 0 Å². The van der Waals surface area contributed by atoms with E-state index in [0.717, 1.165) is 23.3 Å². The number of aliphatic hydroxyl groups excluding tert-OH is 1. The van der Waals surface area contributed by atoms with Gasteiger partial charge in [-0.15, -0.1) is 0 Å². The van der Waals surface area contributed by atoms with Crippen molar-refractivity contribution in [2.75, 3.05) is 6.54 Å². The maximum atomic E-state index is 9.37. The van der Waals surface area contributed by atoms with Crippen LogP contribution in [-0.2, 0) is 0 Å². The monoisotopic (exact) mass is 176 g/mol. The van der Waals surface area contributed by atoms with E-state index in [1.165, 1.54) is 0 Å². The van der Waals surface area contributed by atoms with E-state index in [9.17, 15) is 5.11 Å². The molecule has 2 rings (SSSR count). The van der Waals surface area contributed by atoms with Crippen LogP contribution in [0.15, 0.2) is 40.6 Å². The highest BCUT2D eigenvalue weighted by Gasteiger charge is 2.18. The lowest BCUT2D eigenvalue weighted by Crippen LogP contribution is -2.12. The first-order valence-corrected chi connectivity index (χ1v) is 4.37. The summed E-state index contributed by atoms with van der Waals surface area (Å²) >= 11 is 0. The highest BCUT2D eigenvalue weighted by molar-refractivity contribution is 6.14. The lowest BCUT2D eigenvalue weighted by molar-refractivity contribution is 0.270. The first-order chi connectivity index (χ1) is 6.31. The molecule has 13 heavy (non-hydrogen) atoms. The minimum atomic E-state index is -0.478. The van der Waals surface area contributed by atoms with Crippen molar-refractivity contribution in [3.63, 3.8) is 0 Å². The van der Waals surface area contributed by atoms with E-state index in [-0.39, 0.29) is 0 Å². The maximum Gasteiger partial charge on any atom is 0.0916 e. The largest absolute Gasteiger partial charge is 0.385 e. The molecule has 2 aliphatic rings. The minimum Gasteiger partial charge on any atom is -0.385 e. The summed E-state index contributed by atoms with van der Waals surface area (Å²) in [5, 5.41) is 9.37. The number of hydrogen-bond donors (Lipinski definition) is 2. The second-order valence-electron chi connectivity index (χ2n) is 3.14. The SMILES string of the molecule is NCCC1=CN=C2C=CC(O)C=C12. The molecule has 3 heteroatoms. The van der Waals surface area contributed by atoms with Crippen LogP contribution in [0.25, 0.3) is 0 Å². The second kappa shape index (κ2) is 3.28. The quantitative estimate of drug-likeness (QED) is 0.644. The van der Waals surface area contributed by atoms with Crippen molar-refractivity contribution < 1.29 is 5.11 Å². The molecule has 1 aliphatic carbocycles. The molecule has 1 heterocycles. The Morgan fingerprint density at radius 3 is 3.15 bits per heavy atom. The molecule has 0 fully saturated rings. The molecule has 0 bridgehead atoms. The molecule has 0 spiro atoms. The van der Waals surface area contributed by atoms with Crippen LogP contribution in [0.5, 0.6) is 0 Å². The molecule has 0 aromatic carbocycles. The van der Waals surface area contributed by atoms with Crippen molar-refractivity contribution >= 4 is 5.71 Å². The molecule has 0 aromatic rings. The standard InChI is InChI=1S/C10H12N2O/c11-4-3-7-6-12-10-2-1-8(13)5-9(7)10/h1-2,5-6,8,13H,3-4,11H2. The third kappa shape index (κ3) is 1.48. The average Bonchev–Trinajstić information content (AvgIpc) is 2.49. The summed E-state index contributed by atoms with van der Waals surface area (Å²) < 4.78 is 0. The second-order valence-corrected chi connectivity index (χ2v) is 3.14. The van der Waals surface area contributed by atoms with Gasteiger partial charge in [0.1, 0.15) is 0 Å². The molecular formula is C10H12N2O. The third-order valence-corrected chi connectivity index (χ3v) is 2.18. The van der Waals surface area contributed by atoms with E-state index in [4.69, 9.17) is 5.73 Å². The van der Waals surface area contributed by atoms with Crippen molar-refractivity contribution in [2.24, 2.45) is 10.7 Å². The minimum absolute atomic E-state index is 0.478. The van der Waals surface area contributed by atoms with Crippen LogP contribution in [0.2, 0.25) is 0 Å². The number of nitrogens with zero attached hydrogens (tertiary/aromatic N) is 1. The van der Waals surface area contributed by atoms with Crippen LogP contribution in [0.3, 0.4) is 0 Å². The van der Waals surface area contributed by atoms with Gasteiger partial charge < -0.3 is 10.8 Å². The van der Waals surface area contributed by atoms with Crippen LogP contribution in [0.4, 0.5) is 0 Å². The van der Waals surface area contributed by atoms with E-state index >= 15 is 0 Å². The Morgan fingerprint density at radius 1 is 1.54 bits per heavy atom. The molecule has 0 saturated carbocycles. The fourth-order valence-electron chi connectivity index (χ4n) is 1.55. The number of fused-ring (bicyclic) bond motifs is 1. The number of aliphatic imine (C=N–C) groups is 1. The van der Waals surface area contributed by atoms with Crippen molar-refractivity contribution in [2.45, 2.75) is 12.5 Å². The van der Waals surface area contributed by atoms with Crippen LogP contribution in [0.1, 0.15) is 6.42 Å². The summed E-state index contributed by atoms with van der Waals surface area (Å²) in [6, 6.07) is 0. The fourth-order valence-corrected chi connectivity index (χ4v) is 1.55. The molecule has 3 nitrogen and oxygen atoms in total. The van der Waals surface area contributed by atoms with E-state index in [1.807, 2.05) is 18.4 Å². The van der Waals surface area contributed by atoms with Gasteiger partial charge in [0, 0.05) is 11.8 Å². The molecule has 1 atom stereocenters. The van der Waals surface area contributed by atoms with Crippen molar-refractivity contribution in [1.29, 1.82) is 0 Å². The van der Waals surface area contributed by atoms with Crippen LogP contribution in [-0.4, -0.2) is 23.5 Å². The van der Waals surface area contributed by atoms with E-state index in [2.05, 4.69) is 4.99 Å². The topological polar surface area (TPSA) is 58.6 Å². The number of aliphatic hydroxyl groups is 1. The van der Waals surface area contributed by atoms with Gasteiger partial charge in [-0.05, 0) is 30.7 Å². The Hall–Kier alpha value is -1.19. The molecule has 0 aromatic heterocycles. The van der Waals surface area contributed by atoms with Crippen LogP contribution in [0, 0.1) is 0 Å². The normalized spacial score (nSPS) is 25.1. The summed E-state index contributed by atoms with van der Waals surface area (Å²) in [4.78, 5) is 4.23. The molecule has 0 amide bonds. The van der Waals surface area contributed by atoms with Crippen LogP contribution >= 0.6 is 0 Å². The first kappa shape index (κ1) is 8.41. The van der Waals surface area contributed by atoms with E-state index in [0.29, 0.717) is 6.54 Å². The van der Waals surface area contributed by atoms with Gasteiger partial charge in [-0.2, -0.15) is 0 Å². The Kier molecular flexibility index (Phi) is 2.12. The van der Waals surface area contributed by atoms with Gasteiger partial charge in [0.2, 0.25) is 0 Å². The first-order valence-electron chi connectivity index (χ1n) is 4.37. The van der Waals surface area contributed by atoms with Gasteiger partial charge in [0.25, 0.3) is 0 Å². The third-order valence-electron chi connectivity index (χ3n) is 2.18. The predicted octanol–water partition coefficient (Wildman–Crippen LogP) is 0.531. The Labute approximate surface area is 77.0 Å². The molecule has 1 unspecified atom stereocenters. The van der Waals surface area contributed by atoms with Gasteiger partial charge >= 0.3 is 0 Å². The number of nitrogens with two attached hydrogens (primary N) is 1. The van der Waals surface area contributed by atoms with Gasteiger partial charge in [-0.25, -0.2) is 0 Å². The molecule has 0 radical (unpaired) electrons. The van der Waals surface area contributed by atoms with E-state index < -0.39 is 6.10 Å². The summed E-state index contributed by atoms with van der Waals surface area (Å²) in [5.41, 5.74) is 8.57. The number of rotatable bonds is 2. The highest BCUT2D eigenvalue weighted by Crippen LogP contribution is 2.25. The lowest BCUT2D eigenvalue weighted by atomic mass is 9.95. The Balaban J connectivity index is 2.24. The van der Waals surface area contributed by atoms with Crippen LogP contribution < -0.4 is 5.73 Å². The smallest absolute Gasteiger partial charge is 0.0916 e. The maximum absolute atomic E-state index is 9.37. The van der Waals surface area contributed by atoms with Gasteiger partial charge in [-0.1, -0.05) is 6.08 Å². The average molecular weight is 176 g/mol. The zero-order valence-corrected chi connectivity index (χ0v) is 7.27. The molecular weight excluding hydrogens is 164 g/mol. The fraction of sp³-hybridized carbons (Fsp3) is 0.300. The molecule has 1 aliphatic heterocycles. The van der Waals surface area contributed by atoms with Gasteiger partial charge in [0.05, 0.1) is 11.8 Å². The zero-order chi connectivity index (χ0) is 9.26. The summed E-state index contributed by atoms with van der Waals surface area (Å²) in [6.45, 7) is 0.617. The summed E-state index contributed by atoms with van der Waals surface area (Å²) in [5.74, 6) is 0. The molecule has 0 saturated heterocycles. The Bertz CT molecular complexity index is 337.